The van der Waals surface area contributed by atoms with Gasteiger partial charge in [-0.05, 0) is 77.0 Å². The number of ether oxygens (including phenoxy) is 1. The van der Waals surface area contributed by atoms with E-state index in [0.29, 0.717) is 19.3 Å². The van der Waals surface area contributed by atoms with E-state index in [2.05, 4.69) is 62.5 Å². The smallest absolute Gasteiger partial charge is 0.306 e. The third-order valence-corrected chi connectivity index (χ3v) is 13.4. The molecule has 0 aliphatic rings. The summed E-state index contributed by atoms with van der Waals surface area (Å²) in [6.07, 6.45) is 65.0. The third-order valence-electron chi connectivity index (χ3n) is 13.4. The summed E-state index contributed by atoms with van der Waals surface area (Å²) in [5.74, 6) is -0.494. The molecule has 0 aromatic heterocycles. The Kier molecular flexibility index (Phi) is 52.5. The van der Waals surface area contributed by atoms with Gasteiger partial charge in [-0.1, -0.05) is 256 Å². The minimum Gasteiger partial charge on any atom is -0.462 e. The average molecular weight is 929 g/mol. The summed E-state index contributed by atoms with van der Waals surface area (Å²) in [6.45, 7) is 6.48. The first-order valence-electron chi connectivity index (χ1n) is 29.2. The lowest BCUT2D eigenvalue weighted by Crippen LogP contribution is -2.46. The summed E-state index contributed by atoms with van der Waals surface area (Å²) < 4.78 is 5.94. The van der Waals surface area contributed by atoms with E-state index >= 15 is 0 Å². The Morgan fingerprint density at radius 1 is 0.439 bits per heavy atom. The van der Waals surface area contributed by atoms with Gasteiger partial charge in [-0.3, -0.25) is 9.59 Å². The van der Waals surface area contributed by atoms with Crippen molar-refractivity contribution in [2.75, 3.05) is 6.61 Å². The Hall–Kier alpha value is -1.92. The van der Waals surface area contributed by atoms with Crippen molar-refractivity contribution in [3.8, 4) is 0 Å². The van der Waals surface area contributed by atoms with E-state index in [1.807, 2.05) is 0 Å². The van der Waals surface area contributed by atoms with Gasteiger partial charge in [-0.2, -0.15) is 0 Å². The molecule has 66 heavy (non-hydrogen) atoms. The molecular formula is C60H113NO5. The highest BCUT2D eigenvalue weighted by atomic mass is 16.5. The van der Waals surface area contributed by atoms with Crippen LogP contribution in [0.2, 0.25) is 0 Å². The van der Waals surface area contributed by atoms with Crippen molar-refractivity contribution in [2.45, 2.75) is 328 Å². The molecule has 1 amide bonds. The number of rotatable bonds is 53. The number of amides is 1. The molecule has 0 rings (SSSR count). The molecule has 0 aromatic rings. The molecular weight excluding hydrogens is 815 g/mol. The Morgan fingerprint density at radius 2 is 0.788 bits per heavy atom. The fourth-order valence-electron chi connectivity index (χ4n) is 8.99. The highest BCUT2D eigenvalue weighted by Crippen LogP contribution is 2.18. The molecule has 388 valence electrons. The van der Waals surface area contributed by atoms with Crippen molar-refractivity contribution >= 4 is 11.9 Å². The van der Waals surface area contributed by atoms with Crippen molar-refractivity contribution < 1.29 is 24.5 Å². The second-order valence-corrected chi connectivity index (χ2v) is 20.0. The Bertz CT molecular complexity index is 1090. The molecule has 0 radical (unpaired) electrons. The van der Waals surface area contributed by atoms with Gasteiger partial charge in [0.15, 0.2) is 0 Å². The largest absolute Gasteiger partial charge is 0.462 e. The second-order valence-electron chi connectivity index (χ2n) is 20.0. The van der Waals surface area contributed by atoms with Crippen LogP contribution in [0.4, 0.5) is 0 Å². The van der Waals surface area contributed by atoms with Crippen LogP contribution in [0.3, 0.4) is 0 Å². The van der Waals surface area contributed by atoms with E-state index in [1.165, 1.54) is 205 Å². The van der Waals surface area contributed by atoms with Crippen LogP contribution in [-0.4, -0.2) is 46.9 Å². The van der Waals surface area contributed by atoms with Gasteiger partial charge < -0.3 is 20.3 Å². The zero-order valence-corrected chi connectivity index (χ0v) is 44.3. The minimum absolute atomic E-state index is 0.0581. The molecule has 0 bridgehead atoms. The fraction of sp³-hybridized carbons (Fsp3) is 0.867. The molecule has 3 atom stereocenters. The normalized spacial score (nSPS) is 13.3. The van der Waals surface area contributed by atoms with Crippen molar-refractivity contribution in [1.29, 1.82) is 0 Å². The number of hydrogen-bond acceptors (Lipinski definition) is 5. The number of allylic oxidation sites excluding steroid dienone is 6. The topological polar surface area (TPSA) is 95.9 Å². The predicted molar refractivity (Wildman–Crippen MR) is 287 cm³/mol. The fourth-order valence-corrected chi connectivity index (χ4v) is 8.99. The molecule has 0 saturated heterocycles. The Labute approximate surface area is 411 Å². The standard InChI is InChI=1S/C60H113NO5/c1-4-7-10-13-16-19-22-25-27-29-30-31-33-35-38-41-44-47-50-53-60(65)66-56(51-48-45-42-39-36-24-21-18-15-12-9-6-3)54-59(64)61-57(55-62)58(63)52-49-46-43-40-37-34-32-28-26-23-20-17-14-11-8-5-2/h16,19,25,27,39,42,56-58,62-63H,4-15,17-18,20-24,26,28-38,40-41,43-55H2,1-3H3,(H,61,64)/b19-16-,27-25-,42-39-. The summed E-state index contributed by atoms with van der Waals surface area (Å²) in [5, 5.41) is 23.9. The molecule has 6 nitrogen and oxygen atoms in total. The van der Waals surface area contributed by atoms with E-state index in [4.69, 9.17) is 4.74 Å². The highest BCUT2D eigenvalue weighted by molar-refractivity contribution is 5.77. The minimum atomic E-state index is -0.794. The van der Waals surface area contributed by atoms with Gasteiger partial charge in [0.25, 0.3) is 0 Å². The van der Waals surface area contributed by atoms with Gasteiger partial charge in [0.2, 0.25) is 5.91 Å². The van der Waals surface area contributed by atoms with Crippen LogP contribution in [0.5, 0.6) is 0 Å². The highest BCUT2D eigenvalue weighted by Gasteiger charge is 2.24. The van der Waals surface area contributed by atoms with Crippen molar-refractivity contribution in [2.24, 2.45) is 0 Å². The average Bonchev–Trinajstić information content (AvgIpc) is 3.31. The molecule has 0 aliphatic heterocycles. The first-order chi connectivity index (χ1) is 32.5. The molecule has 3 N–H and O–H groups in total. The van der Waals surface area contributed by atoms with Crippen LogP contribution >= 0.6 is 0 Å². The van der Waals surface area contributed by atoms with Gasteiger partial charge in [-0.25, -0.2) is 0 Å². The van der Waals surface area contributed by atoms with Gasteiger partial charge >= 0.3 is 5.97 Å². The van der Waals surface area contributed by atoms with Gasteiger partial charge in [0.1, 0.15) is 6.10 Å². The van der Waals surface area contributed by atoms with Crippen molar-refractivity contribution in [3.63, 3.8) is 0 Å². The number of nitrogens with one attached hydrogen (secondary N) is 1. The SMILES string of the molecule is CCCCC/C=C\C/C=C\CCCCCCCCCCCC(=O)OC(CCC/C=C\CCCCCCCCC)CC(=O)NC(CO)C(O)CCCCCCCCCCCCCCCCCC. The first-order valence-corrected chi connectivity index (χ1v) is 29.2. The third kappa shape index (κ3) is 48.5. The number of hydrogen-bond donors (Lipinski definition) is 3. The van der Waals surface area contributed by atoms with E-state index in [1.54, 1.807) is 0 Å². The number of aliphatic hydroxyl groups is 2. The molecule has 0 heterocycles. The lowest BCUT2D eigenvalue weighted by molar-refractivity contribution is -0.151. The molecule has 3 unspecified atom stereocenters. The van der Waals surface area contributed by atoms with Crippen LogP contribution in [0.1, 0.15) is 310 Å². The van der Waals surface area contributed by atoms with E-state index in [-0.39, 0.29) is 24.9 Å². The Morgan fingerprint density at radius 3 is 1.23 bits per heavy atom. The second kappa shape index (κ2) is 54.0. The summed E-state index contributed by atoms with van der Waals surface area (Å²) in [5.41, 5.74) is 0. The lowest BCUT2D eigenvalue weighted by atomic mass is 10.0. The van der Waals surface area contributed by atoms with Crippen LogP contribution in [0.25, 0.3) is 0 Å². The molecule has 0 aliphatic carbocycles. The van der Waals surface area contributed by atoms with E-state index in [9.17, 15) is 19.8 Å². The van der Waals surface area contributed by atoms with E-state index in [0.717, 1.165) is 57.8 Å². The number of carbonyl (C=O) groups is 2. The van der Waals surface area contributed by atoms with Crippen molar-refractivity contribution in [1.82, 2.24) is 5.32 Å². The maximum absolute atomic E-state index is 13.2. The lowest BCUT2D eigenvalue weighted by Gasteiger charge is -2.24. The summed E-state index contributed by atoms with van der Waals surface area (Å²) >= 11 is 0. The molecule has 6 heteroatoms. The van der Waals surface area contributed by atoms with Crippen LogP contribution in [0.15, 0.2) is 36.5 Å². The summed E-state index contributed by atoms with van der Waals surface area (Å²) in [4.78, 5) is 26.2. The van der Waals surface area contributed by atoms with E-state index < -0.39 is 18.2 Å². The number of unbranched alkanes of at least 4 members (excludes halogenated alkanes) is 35. The summed E-state index contributed by atoms with van der Waals surface area (Å²) in [6, 6.07) is -0.709. The van der Waals surface area contributed by atoms with Gasteiger partial charge in [-0.15, -0.1) is 0 Å². The zero-order chi connectivity index (χ0) is 48.1. The number of aliphatic hydroxyl groups excluding tert-OH is 2. The molecule has 0 fully saturated rings. The quantitative estimate of drug-likeness (QED) is 0.0321. The molecule has 0 spiro atoms. The van der Waals surface area contributed by atoms with Crippen LogP contribution in [0, 0.1) is 0 Å². The zero-order valence-electron chi connectivity index (χ0n) is 44.3. The molecule has 0 saturated carbocycles. The monoisotopic (exact) mass is 928 g/mol. The van der Waals surface area contributed by atoms with Crippen molar-refractivity contribution in [3.05, 3.63) is 36.5 Å². The van der Waals surface area contributed by atoms with Crippen LogP contribution < -0.4 is 5.32 Å². The maximum atomic E-state index is 13.2. The van der Waals surface area contributed by atoms with Crippen LogP contribution in [-0.2, 0) is 14.3 Å². The summed E-state index contributed by atoms with van der Waals surface area (Å²) in [7, 11) is 0. The maximum Gasteiger partial charge on any atom is 0.306 e. The van der Waals surface area contributed by atoms with Gasteiger partial charge in [0.05, 0.1) is 25.2 Å². The Balaban J connectivity index is 4.48. The van der Waals surface area contributed by atoms with Gasteiger partial charge in [0, 0.05) is 6.42 Å². The predicted octanol–water partition coefficient (Wildman–Crippen LogP) is 18.0. The molecule has 0 aromatic carbocycles. The number of carbonyl (C=O) groups excluding carboxylic acids is 2. The first kappa shape index (κ1) is 64.1. The number of esters is 1.